The van der Waals surface area contributed by atoms with Crippen LogP contribution in [0.15, 0.2) is 18.3 Å². The second-order valence-electron chi connectivity index (χ2n) is 5.10. The second kappa shape index (κ2) is 4.65. The van der Waals surface area contributed by atoms with Gasteiger partial charge in [0.25, 0.3) is 0 Å². The van der Waals surface area contributed by atoms with Crippen LogP contribution < -0.4 is 0 Å². The highest BCUT2D eigenvalue weighted by atomic mass is 35.5. The van der Waals surface area contributed by atoms with Gasteiger partial charge in [-0.3, -0.25) is 9.78 Å². The molecule has 4 heteroatoms. The molecule has 1 aromatic heterocycles. The lowest BCUT2D eigenvalue weighted by atomic mass is 9.93. The third-order valence-electron chi connectivity index (χ3n) is 3.16. The highest BCUT2D eigenvalue weighted by Crippen LogP contribution is 2.25. The van der Waals surface area contributed by atoms with Gasteiger partial charge in [-0.2, -0.15) is 0 Å². The third kappa shape index (κ3) is 2.44. The van der Waals surface area contributed by atoms with Crippen LogP contribution in [0, 0.1) is 5.41 Å². The minimum absolute atomic E-state index is 0.127. The standard InChI is InChI=1S/C13H17ClN2O/c1-13(2,9-14)12(17)16-7-5-11-10(8-16)4-3-6-15-11/h3-4,6H,5,7-9H2,1-2H3. The summed E-state index contributed by atoms with van der Waals surface area (Å²) < 4.78 is 0. The number of pyridine rings is 1. The quantitative estimate of drug-likeness (QED) is 0.757. The highest BCUT2D eigenvalue weighted by molar-refractivity contribution is 6.19. The Hall–Kier alpha value is -1.09. The van der Waals surface area contributed by atoms with Gasteiger partial charge in [0.15, 0.2) is 0 Å². The summed E-state index contributed by atoms with van der Waals surface area (Å²) in [6, 6.07) is 3.95. The lowest BCUT2D eigenvalue weighted by Gasteiger charge is -2.33. The Bertz CT molecular complexity index is 431. The number of carbonyl (C=O) groups excluding carboxylic acids is 1. The van der Waals surface area contributed by atoms with Crippen molar-refractivity contribution in [1.29, 1.82) is 0 Å². The molecular weight excluding hydrogens is 236 g/mol. The zero-order valence-electron chi connectivity index (χ0n) is 10.2. The topological polar surface area (TPSA) is 33.2 Å². The lowest BCUT2D eigenvalue weighted by molar-refractivity contribution is -0.140. The molecule has 0 aromatic carbocycles. The summed E-state index contributed by atoms with van der Waals surface area (Å²) in [6.45, 7) is 5.17. The molecule has 92 valence electrons. The van der Waals surface area contributed by atoms with Crippen LogP contribution >= 0.6 is 11.6 Å². The van der Waals surface area contributed by atoms with Crippen LogP contribution in [0.3, 0.4) is 0 Å². The normalized spacial score (nSPS) is 15.6. The first-order chi connectivity index (χ1) is 8.04. The van der Waals surface area contributed by atoms with E-state index < -0.39 is 5.41 Å². The van der Waals surface area contributed by atoms with E-state index >= 15 is 0 Å². The van der Waals surface area contributed by atoms with E-state index in [9.17, 15) is 4.79 Å². The van der Waals surface area contributed by atoms with Crippen LogP contribution in [-0.4, -0.2) is 28.2 Å². The maximum Gasteiger partial charge on any atom is 0.229 e. The van der Waals surface area contributed by atoms with E-state index in [2.05, 4.69) is 4.98 Å². The smallest absolute Gasteiger partial charge is 0.229 e. The van der Waals surface area contributed by atoms with Crippen LogP contribution in [-0.2, 0) is 17.8 Å². The summed E-state index contributed by atoms with van der Waals surface area (Å²) in [5, 5.41) is 0. The number of halogens is 1. The zero-order chi connectivity index (χ0) is 12.5. The summed E-state index contributed by atoms with van der Waals surface area (Å²) >= 11 is 5.85. The van der Waals surface area contributed by atoms with Crippen molar-refractivity contribution in [2.45, 2.75) is 26.8 Å². The van der Waals surface area contributed by atoms with Gasteiger partial charge in [-0.15, -0.1) is 11.6 Å². The molecule has 0 spiro atoms. The fraction of sp³-hybridized carbons (Fsp3) is 0.538. The summed E-state index contributed by atoms with van der Waals surface area (Å²) in [6.07, 6.45) is 2.64. The zero-order valence-corrected chi connectivity index (χ0v) is 11.0. The van der Waals surface area contributed by atoms with E-state index in [1.165, 1.54) is 0 Å². The van der Waals surface area contributed by atoms with Crippen LogP contribution in [0.25, 0.3) is 0 Å². The maximum absolute atomic E-state index is 12.3. The number of nitrogens with zero attached hydrogens (tertiary/aromatic N) is 2. The van der Waals surface area contributed by atoms with Gasteiger partial charge in [-0.25, -0.2) is 0 Å². The molecule has 3 nitrogen and oxygen atoms in total. The van der Waals surface area contributed by atoms with Crippen molar-refractivity contribution in [1.82, 2.24) is 9.88 Å². The molecule has 1 aliphatic heterocycles. The highest BCUT2D eigenvalue weighted by Gasteiger charge is 2.32. The number of fused-ring (bicyclic) bond motifs is 1. The van der Waals surface area contributed by atoms with E-state index in [1.807, 2.05) is 30.9 Å². The number of carbonyl (C=O) groups is 1. The molecule has 1 amide bonds. The minimum Gasteiger partial charge on any atom is -0.337 e. The van der Waals surface area contributed by atoms with Gasteiger partial charge in [0.1, 0.15) is 0 Å². The predicted octanol–water partition coefficient (Wildman–Crippen LogP) is 2.23. The molecule has 0 saturated carbocycles. The molecule has 2 rings (SSSR count). The number of rotatable bonds is 2. The molecule has 0 bridgehead atoms. The average Bonchev–Trinajstić information content (AvgIpc) is 2.37. The van der Waals surface area contributed by atoms with Crippen LogP contribution in [0.5, 0.6) is 0 Å². The first-order valence-corrected chi connectivity index (χ1v) is 6.36. The molecular formula is C13H17ClN2O. The summed E-state index contributed by atoms with van der Waals surface area (Å²) in [5.74, 6) is 0.476. The molecule has 0 radical (unpaired) electrons. The Morgan fingerprint density at radius 3 is 3.06 bits per heavy atom. The Kier molecular flexibility index (Phi) is 3.38. The second-order valence-corrected chi connectivity index (χ2v) is 5.37. The number of aromatic nitrogens is 1. The van der Waals surface area contributed by atoms with Crippen molar-refractivity contribution in [3.05, 3.63) is 29.6 Å². The van der Waals surface area contributed by atoms with Gasteiger partial charge >= 0.3 is 0 Å². The Balaban J connectivity index is 2.15. The van der Waals surface area contributed by atoms with E-state index in [0.29, 0.717) is 12.4 Å². The van der Waals surface area contributed by atoms with Crippen molar-refractivity contribution < 1.29 is 4.79 Å². The number of amides is 1. The Labute approximate surface area is 107 Å². The lowest BCUT2D eigenvalue weighted by Crippen LogP contribution is -2.44. The first kappa shape index (κ1) is 12.4. The largest absolute Gasteiger partial charge is 0.337 e. The summed E-state index contributed by atoms with van der Waals surface area (Å²) in [7, 11) is 0. The van der Waals surface area contributed by atoms with Crippen molar-refractivity contribution >= 4 is 17.5 Å². The molecule has 0 N–H and O–H groups in total. The van der Waals surface area contributed by atoms with Crippen molar-refractivity contribution in [3.8, 4) is 0 Å². The molecule has 2 heterocycles. The number of hydrogen-bond donors (Lipinski definition) is 0. The van der Waals surface area contributed by atoms with Gasteiger partial charge in [0.2, 0.25) is 5.91 Å². The summed E-state index contributed by atoms with van der Waals surface area (Å²) in [5.41, 5.74) is 1.78. The van der Waals surface area contributed by atoms with E-state index in [1.54, 1.807) is 6.20 Å². The van der Waals surface area contributed by atoms with Crippen LogP contribution in [0.2, 0.25) is 0 Å². The van der Waals surface area contributed by atoms with Crippen LogP contribution in [0.1, 0.15) is 25.1 Å². The van der Waals surface area contributed by atoms with E-state index in [4.69, 9.17) is 11.6 Å². The predicted molar refractivity (Wildman–Crippen MR) is 67.9 cm³/mol. The van der Waals surface area contributed by atoms with Gasteiger partial charge in [-0.1, -0.05) is 6.07 Å². The molecule has 1 aliphatic rings. The fourth-order valence-electron chi connectivity index (χ4n) is 2.02. The van der Waals surface area contributed by atoms with Crippen molar-refractivity contribution in [2.24, 2.45) is 5.41 Å². The monoisotopic (exact) mass is 252 g/mol. The van der Waals surface area contributed by atoms with Gasteiger partial charge in [0, 0.05) is 37.3 Å². The fourth-order valence-corrected chi connectivity index (χ4v) is 2.14. The molecule has 1 aromatic rings. The number of hydrogen-bond acceptors (Lipinski definition) is 2. The SMILES string of the molecule is CC(C)(CCl)C(=O)N1CCc2ncccc2C1. The molecule has 0 saturated heterocycles. The van der Waals surface area contributed by atoms with Gasteiger partial charge in [0.05, 0.1) is 5.41 Å². The van der Waals surface area contributed by atoms with Crippen LogP contribution in [0.4, 0.5) is 0 Å². The summed E-state index contributed by atoms with van der Waals surface area (Å²) in [4.78, 5) is 18.5. The van der Waals surface area contributed by atoms with E-state index in [-0.39, 0.29) is 5.91 Å². The molecule has 0 fully saturated rings. The first-order valence-electron chi connectivity index (χ1n) is 5.83. The average molecular weight is 253 g/mol. The van der Waals surface area contributed by atoms with Gasteiger partial charge in [-0.05, 0) is 25.5 Å². The Morgan fingerprint density at radius 2 is 2.35 bits per heavy atom. The van der Waals surface area contributed by atoms with E-state index in [0.717, 1.165) is 24.2 Å². The molecule has 0 atom stereocenters. The maximum atomic E-state index is 12.3. The van der Waals surface area contributed by atoms with Crippen molar-refractivity contribution in [2.75, 3.05) is 12.4 Å². The molecule has 17 heavy (non-hydrogen) atoms. The van der Waals surface area contributed by atoms with Crippen molar-refractivity contribution in [3.63, 3.8) is 0 Å². The molecule has 0 aliphatic carbocycles. The minimum atomic E-state index is -0.485. The molecule has 0 unspecified atom stereocenters. The third-order valence-corrected chi connectivity index (χ3v) is 3.83. The Morgan fingerprint density at radius 1 is 1.59 bits per heavy atom. The number of alkyl halides is 1. The van der Waals surface area contributed by atoms with Gasteiger partial charge < -0.3 is 4.90 Å².